The van der Waals surface area contributed by atoms with Crippen LogP contribution in [0.4, 0.5) is 0 Å². The summed E-state index contributed by atoms with van der Waals surface area (Å²) in [5.74, 6) is 9.94. The van der Waals surface area contributed by atoms with Crippen LogP contribution in [0.1, 0.15) is 40.0 Å². The molecule has 0 aliphatic carbocycles. The smallest absolute Gasteiger partial charge is 0.0307 e. The average Bonchev–Trinajstić information content (AvgIpc) is 2.12. The molecule has 0 aliphatic rings. The molecule has 0 aromatic carbocycles. The standard InChI is InChI=1S/C12H18/c1-5-11(4)9-8-10-12(6-2)7-3/h2,11-12H,5,7,10H2,1,3-4H3. The molecule has 0 heterocycles. The maximum Gasteiger partial charge on any atom is 0.0307 e. The van der Waals surface area contributed by atoms with Gasteiger partial charge in [0.15, 0.2) is 0 Å². The van der Waals surface area contributed by atoms with E-state index in [2.05, 4.69) is 38.5 Å². The number of hydrogen-bond acceptors (Lipinski definition) is 0. The van der Waals surface area contributed by atoms with Crippen LogP contribution >= 0.6 is 0 Å². The normalized spacial score (nSPS) is 13.8. The number of terminal acetylenes is 1. The highest BCUT2D eigenvalue weighted by molar-refractivity contribution is 5.07. The molecule has 2 unspecified atom stereocenters. The second kappa shape index (κ2) is 6.81. The molecule has 0 fully saturated rings. The Morgan fingerprint density at radius 2 is 1.92 bits per heavy atom. The van der Waals surface area contributed by atoms with Crippen LogP contribution in [0.2, 0.25) is 0 Å². The summed E-state index contributed by atoms with van der Waals surface area (Å²) in [4.78, 5) is 0. The number of hydrogen-bond donors (Lipinski definition) is 0. The quantitative estimate of drug-likeness (QED) is 0.559. The van der Waals surface area contributed by atoms with Crippen molar-refractivity contribution in [1.29, 1.82) is 0 Å². The van der Waals surface area contributed by atoms with Crippen molar-refractivity contribution < 1.29 is 0 Å². The summed E-state index contributed by atoms with van der Waals surface area (Å²) in [5.41, 5.74) is 0. The van der Waals surface area contributed by atoms with Crippen molar-refractivity contribution in [2.75, 3.05) is 0 Å². The summed E-state index contributed by atoms with van der Waals surface area (Å²) < 4.78 is 0. The van der Waals surface area contributed by atoms with Crippen LogP contribution in [0.5, 0.6) is 0 Å². The van der Waals surface area contributed by atoms with Crippen LogP contribution in [0.3, 0.4) is 0 Å². The van der Waals surface area contributed by atoms with E-state index in [0.29, 0.717) is 11.8 Å². The van der Waals surface area contributed by atoms with Gasteiger partial charge in [-0.3, -0.25) is 0 Å². The third kappa shape index (κ3) is 4.86. The lowest BCUT2D eigenvalue weighted by atomic mass is 10.0. The zero-order valence-electron chi connectivity index (χ0n) is 8.35. The van der Waals surface area contributed by atoms with Crippen molar-refractivity contribution in [3.63, 3.8) is 0 Å². The van der Waals surface area contributed by atoms with Gasteiger partial charge in [0, 0.05) is 18.3 Å². The molecule has 0 bridgehead atoms. The van der Waals surface area contributed by atoms with Crippen LogP contribution in [-0.2, 0) is 0 Å². The second-order valence-corrected chi connectivity index (χ2v) is 3.11. The Morgan fingerprint density at radius 1 is 1.25 bits per heavy atom. The van der Waals surface area contributed by atoms with Gasteiger partial charge in [-0.25, -0.2) is 0 Å². The van der Waals surface area contributed by atoms with Crippen LogP contribution in [0.15, 0.2) is 0 Å². The first kappa shape index (κ1) is 11.1. The molecule has 0 aromatic rings. The topological polar surface area (TPSA) is 0 Å². The van der Waals surface area contributed by atoms with E-state index in [0.717, 1.165) is 19.3 Å². The van der Waals surface area contributed by atoms with Gasteiger partial charge in [0.1, 0.15) is 0 Å². The van der Waals surface area contributed by atoms with E-state index in [9.17, 15) is 0 Å². The molecule has 0 N–H and O–H groups in total. The van der Waals surface area contributed by atoms with E-state index < -0.39 is 0 Å². The molecule has 0 amide bonds. The van der Waals surface area contributed by atoms with Crippen molar-refractivity contribution in [1.82, 2.24) is 0 Å². The highest BCUT2D eigenvalue weighted by Gasteiger charge is 1.97. The molecule has 0 aromatic heterocycles. The Morgan fingerprint density at radius 3 is 2.33 bits per heavy atom. The molecule has 0 saturated carbocycles. The first-order chi connectivity index (χ1) is 5.74. The monoisotopic (exact) mass is 162 g/mol. The third-order valence-electron chi connectivity index (χ3n) is 2.04. The summed E-state index contributed by atoms with van der Waals surface area (Å²) in [5, 5.41) is 0. The van der Waals surface area contributed by atoms with E-state index in [-0.39, 0.29) is 0 Å². The lowest BCUT2D eigenvalue weighted by molar-refractivity contribution is 0.668. The highest BCUT2D eigenvalue weighted by atomic mass is 14.0. The van der Waals surface area contributed by atoms with Gasteiger partial charge in [-0.15, -0.1) is 24.2 Å². The van der Waals surface area contributed by atoms with Crippen molar-refractivity contribution in [2.45, 2.75) is 40.0 Å². The molecule has 0 saturated heterocycles. The van der Waals surface area contributed by atoms with Gasteiger partial charge < -0.3 is 0 Å². The second-order valence-electron chi connectivity index (χ2n) is 3.11. The van der Waals surface area contributed by atoms with Gasteiger partial charge in [0.05, 0.1) is 0 Å². The maximum atomic E-state index is 5.31. The zero-order chi connectivity index (χ0) is 9.40. The van der Waals surface area contributed by atoms with Gasteiger partial charge in [-0.1, -0.05) is 20.8 Å². The summed E-state index contributed by atoms with van der Waals surface area (Å²) in [6, 6.07) is 0. The van der Waals surface area contributed by atoms with Gasteiger partial charge >= 0.3 is 0 Å². The molecule has 0 aliphatic heterocycles. The van der Waals surface area contributed by atoms with Crippen LogP contribution in [0.25, 0.3) is 0 Å². The van der Waals surface area contributed by atoms with E-state index >= 15 is 0 Å². The summed E-state index contributed by atoms with van der Waals surface area (Å²) in [7, 11) is 0. The largest absolute Gasteiger partial charge is 0.120 e. The Hall–Kier alpha value is -0.880. The lowest BCUT2D eigenvalue weighted by Gasteiger charge is -2.00. The first-order valence-corrected chi connectivity index (χ1v) is 4.69. The van der Waals surface area contributed by atoms with Gasteiger partial charge in [-0.05, 0) is 12.8 Å². The SMILES string of the molecule is C#CC(CC)CC#CC(C)CC. The summed E-state index contributed by atoms with van der Waals surface area (Å²) >= 11 is 0. The third-order valence-corrected chi connectivity index (χ3v) is 2.04. The fraction of sp³-hybridized carbons (Fsp3) is 0.667. The molecular formula is C12H18. The molecular weight excluding hydrogens is 144 g/mol. The average molecular weight is 162 g/mol. The van der Waals surface area contributed by atoms with Gasteiger partial charge in [-0.2, -0.15) is 0 Å². The predicted molar refractivity (Wildman–Crippen MR) is 54.5 cm³/mol. The van der Waals surface area contributed by atoms with Crippen molar-refractivity contribution in [3.05, 3.63) is 0 Å². The minimum absolute atomic E-state index is 0.349. The Labute approximate surface area is 76.8 Å². The number of rotatable bonds is 3. The van der Waals surface area contributed by atoms with E-state index in [1.165, 1.54) is 0 Å². The van der Waals surface area contributed by atoms with E-state index in [1.54, 1.807) is 0 Å². The minimum Gasteiger partial charge on any atom is -0.120 e. The maximum absolute atomic E-state index is 5.31. The molecule has 12 heavy (non-hydrogen) atoms. The fourth-order valence-electron chi connectivity index (χ4n) is 0.780. The summed E-state index contributed by atoms with van der Waals surface area (Å²) in [6.07, 6.45) is 8.33. The van der Waals surface area contributed by atoms with Crippen LogP contribution in [0, 0.1) is 36.0 Å². The van der Waals surface area contributed by atoms with Gasteiger partial charge in [0.25, 0.3) is 0 Å². The van der Waals surface area contributed by atoms with Gasteiger partial charge in [0.2, 0.25) is 0 Å². The first-order valence-electron chi connectivity index (χ1n) is 4.69. The Bertz CT molecular complexity index is 196. The van der Waals surface area contributed by atoms with E-state index in [1.807, 2.05) is 0 Å². The molecule has 66 valence electrons. The highest BCUT2D eigenvalue weighted by Crippen LogP contribution is 2.05. The Balaban J connectivity index is 3.77. The lowest BCUT2D eigenvalue weighted by Crippen LogP contribution is -1.92. The zero-order valence-corrected chi connectivity index (χ0v) is 8.35. The Kier molecular flexibility index (Phi) is 6.31. The van der Waals surface area contributed by atoms with Crippen molar-refractivity contribution in [2.24, 2.45) is 11.8 Å². The van der Waals surface area contributed by atoms with Crippen molar-refractivity contribution in [3.8, 4) is 24.2 Å². The predicted octanol–water partition coefficient (Wildman–Crippen LogP) is 3.09. The fourth-order valence-corrected chi connectivity index (χ4v) is 0.780. The van der Waals surface area contributed by atoms with E-state index in [4.69, 9.17) is 6.42 Å². The molecule has 0 radical (unpaired) electrons. The molecule has 0 nitrogen and oxygen atoms in total. The molecule has 0 spiro atoms. The summed E-state index contributed by atoms with van der Waals surface area (Å²) in [6.45, 7) is 6.40. The molecule has 0 rings (SSSR count). The van der Waals surface area contributed by atoms with Crippen LogP contribution in [-0.4, -0.2) is 0 Å². The molecule has 0 heteroatoms. The minimum atomic E-state index is 0.349. The van der Waals surface area contributed by atoms with Crippen LogP contribution < -0.4 is 0 Å². The molecule has 2 atom stereocenters. The van der Waals surface area contributed by atoms with Crippen molar-refractivity contribution >= 4 is 0 Å².